The second-order valence-electron chi connectivity index (χ2n) is 7.98. The molecule has 0 saturated carbocycles. The molecule has 5 rings (SSSR count). The SMILES string of the molecule is Cc1c(/C=C2/NC(=O)N(c3cccc(Cl)c3)C2=O)c2ccccc2n1Cc1ccccc1C#N. The van der Waals surface area contributed by atoms with Crippen LogP contribution < -0.4 is 10.2 Å². The van der Waals surface area contributed by atoms with Gasteiger partial charge in [0.1, 0.15) is 5.70 Å². The molecular weight excluding hydrogens is 448 g/mol. The third kappa shape index (κ3) is 3.62. The summed E-state index contributed by atoms with van der Waals surface area (Å²) in [7, 11) is 0. The molecule has 1 saturated heterocycles. The first-order chi connectivity index (χ1) is 16.5. The predicted molar refractivity (Wildman–Crippen MR) is 132 cm³/mol. The number of imide groups is 1. The number of carbonyl (C=O) groups excluding carboxylic acids is 2. The number of benzene rings is 3. The number of para-hydroxylation sites is 1. The van der Waals surface area contributed by atoms with Gasteiger partial charge < -0.3 is 9.88 Å². The van der Waals surface area contributed by atoms with Crippen LogP contribution in [0.2, 0.25) is 5.02 Å². The number of nitrogens with one attached hydrogen (secondary N) is 1. The van der Waals surface area contributed by atoms with E-state index >= 15 is 0 Å². The first-order valence-corrected chi connectivity index (χ1v) is 11.0. The van der Waals surface area contributed by atoms with Gasteiger partial charge in [-0.3, -0.25) is 4.79 Å². The molecule has 2 heterocycles. The number of rotatable bonds is 4. The van der Waals surface area contributed by atoms with Gasteiger partial charge in [-0.2, -0.15) is 5.26 Å². The molecule has 0 atom stereocenters. The molecule has 0 spiro atoms. The summed E-state index contributed by atoms with van der Waals surface area (Å²) in [5.74, 6) is -0.446. The zero-order chi connectivity index (χ0) is 23.8. The Morgan fingerprint density at radius 2 is 1.79 bits per heavy atom. The smallest absolute Gasteiger partial charge is 0.333 e. The molecule has 166 valence electrons. The van der Waals surface area contributed by atoms with Gasteiger partial charge in [-0.25, -0.2) is 9.69 Å². The molecule has 0 aliphatic carbocycles. The van der Waals surface area contributed by atoms with Crippen LogP contribution in [0.5, 0.6) is 0 Å². The number of halogens is 1. The van der Waals surface area contributed by atoms with Gasteiger partial charge in [-0.15, -0.1) is 0 Å². The summed E-state index contributed by atoms with van der Waals surface area (Å²) in [5, 5.41) is 13.6. The predicted octanol–water partition coefficient (Wildman–Crippen LogP) is 5.62. The zero-order valence-electron chi connectivity index (χ0n) is 18.2. The standard InChI is InChI=1S/C27H19ClN4O2/c1-17-23(14-24-26(33)32(27(34)30-24)21-10-6-9-20(28)13-21)22-11-4-5-12-25(22)31(17)16-19-8-3-2-7-18(19)15-29/h2-14H,16H2,1H3,(H,30,34)/b24-14+. The average Bonchev–Trinajstić information content (AvgIpc) is 3.27. The van der Waals surface area contributed by atoms with Crippen LogP contribution in [0.4, 0.5) is 10.5 Å². The Hall–Kier alpha value is -4.34. The van der Waals surface area contributed by atoms with Gasteiger partial charge in [0, 0.05) is 33.7 Å². The molecule has 1 N–H and O–H groups in total. The van der Waals surface area contributed by atoms with Crippen molar-refractivity contribution in [1.82, 2.24) is 9.88 Å². The Balaban J connectivity index is 1.59. The van der Waals surface area contributed by atoms with E-state index in [0.717, 1.165) is 32.6 Å². The second kappa shape index (κ2) is 8.54. The van der Waals surface area contributed by atoms with Crippen LogP contribution in [0, 0.1) is 18.3 Å². The van der Waals surface area contributed by atoms with E-state index < -0.39 is 11.9 Å². The molecular formula is C27H19ClN4O2. The lowest BCUT2D eigenvalue weighted by atomic mass is 10.1. The summed E-state index contributed by atoms with van der Waals surface area (Å²) < 4.78 is 2.12. The van der Waals surface area contributed by atoms with Gasteiger partial charge in [0.15, 0.2) is 0 Å². The van der Waals surface area contributed by atoms with Crippen molar-refractivity contribution in [3.63, 3.8) is 0 Å². The highest BCUT2D eigenvalue weighted by Gasteiger charge is 2.35. The van der Waals surface area contributed by atoms with E-state index in [1.165, 1.54) is 0 Å². The maximum Gasteiger partial charge on any atom is 0.333 e. The van der Waals surface area contributed by atoms with Crippen LogP contribution in [0.15, 0.2) is 78.5 Å². The number of carbonyl (C=O) groups is 2. The lowest BCUT2D eigenvalue weighted by Gasteiger charge is -2.11. The van der Waals surface area contributed by atoms with Crippen molar-refractivity contribution < 1.29 is 9.59 Å². The fourth-order valence-electron chi connectivity index (χ4n) is 4.31. The molecule has 1 fully saturated rings. The maximum atomic E-state index is 13.1. The summed E-state index contributed by atoms with van der Waals surface area (Å²) in [6, 6.07) is 23.7. The van der Waals surface area contributed by atoms with Crippen LogP contribution in [0.1, 0.15) is 22.4 Å². The number of anilines is 1. The summed E-state index contributed by atoms with van der Waals surface area (Å²) >= 11 is 6.05. The Morgan fingerprint density at radius 1 is 1.03 bits per heavy atom. The van der Waals surface area contributed by atoms with E-state index in [9.17, 15) is 14.9 Å². The minimum absolute atomic E-state index is 0.188. The van der Waals surface area contributed by atoms with E-state index in [1.54, 1.807) is 36.4 Å². The van der Waals surface area contributed by atoms with Crippen molar-refractivity contribution in [3.8, 4) is 6.07 Å². The summed E-state index contributed by atoms with van der Waals surface area (Å²) in [5.41, 5.74) is 4.86. The lowest BCUT2D eigenvalue weighted by Crippen LogP contribution is -2.30. The van der Waals surface area contributed by atoms with Crippen LogP contribution in [0.3, 0.4) is 0 Å². The summed E-state index contributed by atoms with van der Waals surface area (Å²) in [6.45, 7) is 2.48. The van der Waals surface area contributed by atoms with Gasteiger partial charge in [-0.1, -0.05) is 54.1 Å². The number of aromatic nitrogens is 1. The van der Waals surface area contributed by atoms with Crippen molar-refractivity contribution in [3.05, 3.63) is 106 Å². The number of fused-ring (bicyclic) bond motifs is 1. The minimum Gasteiger partial charge on any atom is -0.340 e. The van der Waals surface area contributed by atoms with E-state index in [-0.39, 0.29) is 5.70 Å². The molecule has 3 aromatic carbocycles. The largest absolute Gasteiger partial charge is 0.340 e. The second-order valence-corrected chi connectivity index (χ2v) is 8.42. The number of amides is 3. The quantitative estimate of drug-likeness (QED) is 0.313. The maximum absolute atomic E-state index is 13.1. The minimum atomic E-state index is -0.525. The molecule has 7 heteroatoms. The highest BCUT2D eigenvalue weighted by molar-refractivity contribution is 6.32. The van der Waals surface area contributed by atoms with Gasteiger partial charge >= 0.3 is 6.03 Å². The number of hydrogen-bond donors (Lipinski definition) is 1. The monoisotopic (exact) mass is 466 g/mol. The topological polar surface area (TPSA) is 78.1 Å². The third-order valence-corrected chi connectivity index (χ3v) is 6.21. The van der Waals surface area contributed by atoms with Gasteiger partial charge in [0.25, 0.3) is 5.91 Å². The Morgan fingerprint density at radius 3 is 2.59 bits per heavy atom. The fraction of sp³-hybridized carbons (Fsp3) is 0.0741. The first-order valence-electron chi connectivity index (χ1n) is 10.7. The van der Waals surface area contributed by atoms with Crippen molar-refractivity contribution in [2.24, 2.45) is 0 Å². The van der Waals surface area contributed by atoms with E-state index in [2.05, 4.69) is 16.0 Å². The van der Waals surface area contributed by atoms with Crippen molar-refractivity contribution >= 4 is 46.2 Å². The number of urea groups is 1. The van der Waals surface area contributed by atoms with E-state index in [1.807, 2.05) is 49.4 Å². The van der Waals surface area contributed by atoms with E-state index in [0.29, 0.717) is 22.8 Å². The van der Waals surface area contributed by atoms with Gasteiger partial charge in [0.05, 0.1) is 17.3 Å². The molecule has 1 aliphatic rings. The molecule has 1 aromatic heterocycles. The Kier molecular flexibility index (Phi) is 5.40. The fourth-order valence-corrected chi connectivity index (χ4v) is 4.49. The highest BCUT2D eigenvalue weighted by Crippen LogP contribution is 2.31. The molecule has 4 aromatic rings. The van der Waals surface area contributed by atoms with E-state index in [4.69, 9.17) is 11.6 Å². The molecule has 0 bridgehead atoms. The molecule has 6 nitrogen and oxygen atoms in total. The summed E-state index contributed by atoms with van der Waals surface area (Å²) in [4.78, 5) is 26.9. The highest BCUT2D eigenvalue weighted by atomic mass is 35.5. The van der Waals surface area contributed by atoms with Crippen LogP contribution in [-0.4, -0.2) is 16.5 Å². The van der Waals surface area contributed by atoms with Crippen LogP contribution in [-0.2, 0) is 11.3 Å². The zero-order valence-corrected chi connectivity index (χ0v) is 19.0. The van der Waals surface area contributed by atoms with Gasteiger partial charge in [-0.05, 0) is 48.9 Å². The lowest BCUT2D eigenvalue weighted by molar-refractivity contribution is -0.113. The van der Waals surface area contributed by atoms with Gasteiger partial charge in [0.2, 0.25) is 0 Å². The van der Waals surface area contributed by atoms with Crippen molar-refractivity contribution in [2.45, 2.75) is 13.5 Å². The van der Waals surface area contributed by atoms with Crippen molar-refractivity contribution in [2.75, 3.05) is 4.90 Å². The Labute approximate surface area is 201 Å². The first kappa shape index (κ1) is 21.5. The third-order valence-electron chi connectivity index (χ3n) is 5.98. The molecule has 3 amide bonds. The number of nitrogens with zero attached hydrogens (tertiary/aromatic N) is 3. The molecule has 0 radical (unpaired) electrons. The number of nitriles is 1. The normalized spacial score (nSPS) is 14.6. The van der Waals surface area contributed by atoms with Crippen LogP contribution >= 0.6 is 11.6 Å². The molecule has 1 aliphatic heterocycles. The number of hydrogen-bond acceptors (Lipinski definition) is 3. The summed E-state index contributed by atoms with van der Waals surface area (Å²) in [6.07, 6.45) is 1.72. The van der Waals surface area contributed by atoms with Crippen molar-refractivity contribution in [1.29, 1.82) is 5.26 Å². The Bertz CT molecular complexity index is 1540. The average molecular weight is 467 g/mol. The molecule has 0 unspecified atom stereocenters. The molecule has 34 heavy (non-hydrogen) atoms. The van der Waals surface area contributed by atoms with Crippen LogP contribution in [0.25, 0.3) is 17.0 Å².